The molecule has 0 aliphatic heterocycles. The average molecular weight is 529 g/mol. The molecule has 0 radical (unpaired) electrons. The van der Waals surface area contributed by atoms with Crippen molar-refractivity contribution in [1.29, 1.82) is 5.41 Å². The first kappa shape index (κ1) is 26.0. The topological polar surface area (TPSA) is 106 Å². The second-order valence-corrected chi connectivity index (χ2v) is 12.2. The van der Waals surface area contributed by atoms with Crippen LogP contribution < -0.4 is 5.32 Å². The van der Waals surface area contributed by atoms with Gasteiger partial charge in [0.25, 0.3) is 12.4 Å². The third-order valence-corrected chi connectivity index (χ3v) is 9.73. The van der Waals surface area contributed by atoms with Crippen LogP contribution in [0.15, 0.2) is 30.3 Å². The van der Waals surface area contributed by atoms with Crippen LogP contribution in [-0.4, -0.2) is 37.9 Å². The Morgan fingerprint density at radius 2 is 1.85 bits per heavy atom. The highest BCUT2D eigenvalue weighted by atomic mass is 16.5. The Morgan fingerprint density at radius 1 is 1.10 bits per heavy atom. The molecule has 0 bridgehead atoms. The molecule has 1 aromatic carbocycles. The highest BCUT2D eigenvalue weighted by Crippen LogP contribution is 2.50. The van der Waals surface area contributed by atoms with E-state index in [9.17, 15) is 4.79 Å². The summed E-state index contributed by atoms with van der Waals surface area (Å²) < 4.78 is 7.29. The van der Waals surface area contributed by atoms with Gasteiger partial charge in [-0.25, -0.2) is 15.0 Å². The van der Waals surface area contributed by atoms with E-state index in [1.165, 1.54) is 50.5 Å². The molecule has 3 aliphatic carbocycles. The quantitative estimate of drug-likeness (QED) is 0.194. The number of hydrogen-bond acceptors (Lipinski definition) is 7. The number of nitrogens with one attached hydrogen (secondary N) is 2. The summed E-state index contributed by atoms with van der Waals surface area (Å²) in [5.74, 6) is 3.45. The van der Waals surface area contributed by atoms with Gasteiger partial charge in [0.15, 0.2) is 11.5 Å². The van der Waals surface area contributed by atoms with Crippen LogP contribution in [0.25, 0.3) is 11.2 Å². The highest BCUT2D eigenvalue weighted by Gasteiger charge is 2.45. The van der Waals surface area contributed by atoms with E-state index < -0.39 is 0 Å². The molecule has 2 heterocycles. The van der Waals surface area contributed by atoms with Crippen LogP contribution in [-0.2, 0) is 21.5 Å². The number of anilines is 1. The van der Waals surface area contributed by atoms with Gasteiger partial charge in [0.2, 0.25) is 5.82 Å². The van der Waals surface area contributed by atoms with Crippen molar-refractivity contribution in [3.63, 3.8) is 0 Å². The van der Waals surface area contributed by atoms with E-state index >= 15 is 0 Å². The Kier molecular flexibility index (Phi) is 7.12. The van der Waals surface area contributed by atoms with Gasteiger partial charge in [0, 0.05) is 12.6 Å². The summed E-state index contributed by atoms with van der Waals surface area (Å²) in [4.78, 5) is 25.8. The molecule has 0 unspecified atom stereocenters. The Morgan fingerprint density at radius 3 is 2.46 bits per heavy atom. The average Bonchev–Trinajstić information content (AvgIpc) is 3.23. The van der Waals surface area contributed by atoms with Crippen molar-refractivity contribution in [2.24, 2.45) is 17.8 Å². The van der Waals surface area contributed by atoms with Gasteiger partial charge in [0.1, 0.15) is 11.3 Å². The van der Waals surface area contributed by atoms with Gasteiger partial charge in [0.05, 0.1) is 5.41 Å². The molecule has 206 valence electrons. The molecular formula is C31H40N6O2. The van der Waals surface area contributed by atoms with E-state index in [0.29, 0.717) is 23.3 Å². The van der Waals surface area contributed by atoms with Gasteiger partial charge in [-0.15, -0.1) is 0 Å². The van der Waals surface area contributed by atoms with Crippen molar-refractivity contribution in [2.75, 3.05) is 5.32 Å². The van der Waals surface area contributed by atoms with Gasteiger partial charge in [-0.2, -0.15) is 0 Å². The molecule has 3 aliphatic rings. The van der Waals surface area contributed by atoms with Crippen molar-refractivity contribution < 1.29 is 9.53 Å². The molecule has 39 heavy (non-hydrogen) atoms. The van der Waals surface area contributed by atoms with Crippen molar-refractivity contribution in [1.82, 2.24) is 19.5 Å². The van der Waals surface area contributed by atoms with Gasteiger partial charge >= 0.3 is 0 Å². The van der Waals surface area contributed by atoms with Gasteiger partial charge in [-0.3, -0.25) is 10.2 Å². The monoisotopic (exact) mass is 528 g/mol. The van der Waals surface area contributed by atoms with Crippen molar-refractivity contribution in [3.8, 4) is 0 Å². The van der Waals surface area contributed by atoms with Crippen molar-refractivity contribution >= 4 is 29.4 Å². The number of rotatable bonds is 9. The van der Waals surface area contributed by atoms with Crippen molar-refractivity contribution in [3.05, 3.63) is 47.5 Å². The van der Waals surface area contributed by atoms with Gasteiger partial charge < -0.3 is 14.6 Å². The van der Waals surface area contributed by atoms with Crippen LogP contribution in [0.2, 0.25) is 0 Å². The first-order valence-electron chi connectivity index (χ1n) is 14.8. The van der Waals surface area contributed by atoms with E-state index in [1.807, 2.05) is 0 Å². The minimum absolute atomic E-state index is 0.0861. The number of fused-ring (bicyclic) bond motifs is 1. The lowest BCUT2D eigenvalue weighted by Crippen LogP contribution is -2.39. The van der Waals surface area contributed by atoms with Crippen LogP contribution >= 0.6 is 0 Å². The molecule has 8 heteroatoms. The maximum atomic E-state index is 11.0. The summed E-state index contributed by atoms with van der Waals surface area (Å²) in [5.41, 5.74) is 2.63. The summed E-state index contributed by atoms with van der Waals surface area (Å²) in [7, 11) is 0. The molecule has 0 saturated heterocycles. The molecule has 6 rings (SSSR count). The second kappa shape index (κ2) is 10.7. The third-order valence-electron chi connectivity index (χ3n) is 9.73. The smallest absolute Gasteiger partial charge is 0.299 e. The molecule has 8 nitrogen and oxygen atoms in total. The zero-order valence-electron chi connectivity index (χ0n) is 23.2. The number of carbonyl (C=O) groups excluding carboxylic acids is 1. The fraction of sp³-hybridized carbons (Fsp3) is 0.581. The van der Waals surface area contributed by atoms with Crippen molar-refractivity contribution in [2.45, 2.75) is 96.1 Å². The standard InChI is InChI=1S/C31H40N6O2/c1-20-12-14-22(15-13-20)18-37-25-27(33-21(2)23-8-6-9-23)34-29(26(32)39-19-38)35-28(25)36-30(37)31(16-7-17-31)24-10-4-3-5-11-24/h3-5,10-11,19-23,32H,6-9,12-18H2,1-2H3,(H,33,34,35)/t20-,21-,22-/m1/s1. The summed E-state index contributed by atoms with van der Waals surface area (Å²) in [6.07, 6.45) is 11.9. The zero-order chi connectivity index (χ0) is 27.0. The molecule has 0 spiro atoms. The predicted molar refractivity (Wildman–Crippen MR) is 152 cm³/mol. The van der Waals surface area contributed by atoms with E-state index in [1.54, 1.807) is 0 Å². The van der Waals surface area contributed by atoms with Gasteiger partial charge in [-0.1, -0.05) is 62.9 Å². The number of nitrogens with zero attached hydrogens (tertiary/aromatic N) is 4. The van der Waals surface area contributed by atoms with Crippen LogP contribution in [0.1, 0.15) is 95.3 Å². The summed E-state index contributed by atoms with van der Waals surface area (Å²) in [5, 5.41) is 12.0. The third kappa shape index (κ3) is 4.83. The van der Waals surface area contributed by atoms with Crippen LogP contribution in [0.4, 0.5) is 5.82 Å². The molecule has 3 fully saturated rings. The second-order valence-electron chi connectivity index (χ2n) is 12.2. The maximum absolute atomic E-state index is 11.0. The van der Waals surface area contributed by atoms with Crippen LogP contribution in [0.3, 0.4) is 0 Å². The van der Waals surface area contributed by atoms with E-state index in [2.05, 4.69) is 54.1 Å². The molecular weight excluding hydrogens is 488 g/mol. The van der Waals surface area contributed by atoms with Gasteiger partial charge in [-0.05, 0) is 68.8 Å². The maximum Gasteiger partial charge on any atom is 0.299 e. The Bertz CT molecular complexity index is 1340. The Hall–Kier alpha value is -3.29. The minimum Gasteiger partial charge on any atom is -0.406 e. The normalized spacial score (nSPS) is 23.4. The number of ether oxygens (including phenoxy) is 1. The molecule has 3 aromatic rings. The molecule has 2 N–H and O–H groups in total. The van der Waals surface area contributed by atoms with Crippen LogP contribution in [0, 0.1) is 23.2 Å². The predicted octanol–water partition coefficient (Wildman–Crippen LogP) is 6.22. The lowest BCUT2D eigenvalue weighted by Gasteiger charge is -2.42. The number of hydrogen-bond donors (Lipinski definition) is 2. The SMILES string of the molecule is C[C@@H](Nc1nc(C(=N)OC=O)nc2nc(C3(c4ccccc4)CCC3)n(C[C@H]3CC[C@H](C)CC3)c12)C1CCC1. The van der Waals surface area contributed by atoms with E-state index in [-0.39, 0.29) is 29.7 Å². The number of benzene rings is 1. The summed E-state index contributed by atoms with van der Waals surface area (Å²) in [6, 6.07) is 11.0. The lowest BCUT2D eigenvalue weighted by atomic mass is 9.63. The first-order valence-corrected chi connectivity index (χ1v) is 14.8. The minimum atomic E-state index is -0.356. The number of imidazole rings is 1. The Labute approximate surface area is 230 Å². The fourth-order valence-electron chi connectivity index (χ4n) is 6.85. The summed E-state index contributed by atoms with van der Waals surface area (Å²) >= 11 is 0. The fourth-order valence-corrected chi connectivity index (χ4v) is 6.85. The lowest BCUT2D eigenvalue weighted by molar-refractivity contribution is -0.121. The summed E-state index contributed by atoms with van der Waals surface area (Å²) in [6.45, 7) is 5.73. The zero-order valence-corrected chi connectivity index (χ0v) is 23.2. The van der Waals surface area contributed by atoms with E-state index in [4.69, 9.17) is 25.1 Å². The molecule has 2 aromatic heterocycles. The highest BCUT2D eigenvalue weighted by molar-refractivity contribution is 5.95. The first-order chi connectivity index (χ1) is 19.0. The molecule has 0 amide bonds. The number of aromatic nitrogens is 4. The van der Waals surface area contributed by atoms with Crippen LogP contribution in [0.5, 0.6) is 0 Å². The van der Waals surface area contributed by atoms with E-state index in [0.717, 1.165) is 43.1 Å². The molecule has 1 atom stereocenters. The largest absolute Gasteiger partial charge is 0.406 e. The molecule has 3 saturated carbocycles. The number of carbonyl (C=O) groups is 1. The Balaban J connectivity index is 1.52.